The largest absolute Gasteiger partial charge is 0.469 e. The maximum absolute atomic E-state index is 11.1. The molecule has 0 heterocycles. The molecular weight excluding hydrogens is 536 g/mol. The van der Waals surface area contributed by atoms with Crippen LogP contribution in [0.1, 0.15) is 53.9 Å². The van der Waals surface area contributed by atoms with Crippen molar-refractivity contribution in [1.82, 2.24) is 16.0 Å². The summed E-state index contributed by atoms with van der Waals surface area (Å²) >= 11 is 0. The van der Waals surface area contributed by atoms with Gasteiger partial charge in [0.1, 0.15) is 0 Å². The summed E-state index contributed by atoms with van der Waals surface area (Å²) in [6.45, 7) is 9.16. The van der Waals surface area contributed by atoms with Gasteiger partial charge in [-0.15, -0.1) is 0 Å². The van der Waals surface area contributed by atoms with E-state index in [2.05, 4.69) is 25.0 Å². The average molecular weight is 584 g/mol. The molecule has 0 aliphatic rings. The Kier molecular flexibility index (Phi) is 16.9. The molecule has 37 heavy (non-hydrogen) atoms. The van der Waals surface area contributed by atoms with Gasteiger partial charge in [0.15, 0.2) is 0 Å². The van der Waals surface area contributed by atoms with E-state index in [0.29, 0.717) is 25.9 Å². The van der Waals surface area contributed by atoms with Gasteiger partial charge in [-0.05, 0) is 60.5 Å². The number of hydrogen-bond acceptors (Lipinski definition) is 11. The lowest BCUT2D eigenvalue weighted by atomic mass is 10.1. The van der Waals surface area contributed by atoms with Gasteiger partial charge in [-0.3, -0.25) is 14.4 Å². The van der Waals surface area contributed by atoms with E-state index in [-0.39, 0.29) is 46.1 Å². The molecular formula is C20H47N3O12P2. The van der Waals surface area contributed by atoms with Crippen molar-refractivity contribution in [2.75, 3.05) is 52.7 Å². The van der Waals surface area contributed by atoms with Crippen molar-refractivity contribution in [2.24, 2.45) is 0 Å². The quantitative estimate of drug-likeness (QED) is 0.0429. The van der Waals surface area contributed by atoms with Crippen LogP contribution in [-0.2, 0) is 27.7 Å². The fraction of sp³-hybridized carbons (Fsp3) is 1.00. The lowest BCUT2D eigenvalue weighted by Gasteiger charge is -2.37. The fourth-order valence-corrected chi connectivity index (χ4v) is 3.85. The Bertz CT molecular complexity index is 719. The Hall–Kier alpha value is -0.0600. The van der Waals surface area contributed by atoms with Crippen molar-refractivity contribution in [2.45, 2.75) is 76.9 Å². The van der Waals surface area contributed by atoms with Gasteiger partial charge in [-0.1, -0.05) is 0 Å². The standard InChI is InChI=1S/C20H47N3O12P2/c1-17(14-34-36(26,27)28)23-20(8-11-24,32-12-6-9-21-18(2,3)15-25)33-13-7-10-22-19(4,5)16-35-37(29,30)31/h17,21-25H,6-16H2,1-5H3,(H2,26,27,28)(H2,29,30,31). The van der Waals surface area contributed by atoms with Crippen LogP contribution in [0.4, 0.5) is 0 Å². The summed E-state index contributed by atoms with van der Waals surface area (Å²) in [5.41, 5.74) is -1.18. The molecule has 0 bridgehead atoms. The van der Waals surface area contributed by atoms with Crippen LogP contribution in [0.3, 0.4) is 0 Å². The van der Waals surface area contributed by atoms with E-state index in [0.717, 1.165) is 0 Å². The van der Waals surface area contributed by atoms with Gasteiger partial charge < -0.3 is 49.9 Å². The molecule has 0 radical (unpaired) electrons. The molecule has 0 fully saturated rings. The van der Waals surface area contributed by atoms with Gasteiger partial charge >= 0.3 is 15.6 Å². The van der Waals surface area contributed by atoms with Crippen molar-refractivity contribution in [3.63, 3.8) is 0 Å². The molecule has 2 unspecified atom stereocenters. The first-order valence-electron chi connectivity index (χ1n) is 12.0. The van der Waals surface area contributed by atoms with Crippen LogP contribution in [0.5, 0.6) is 0 Å². The van der Waals surface area contributed by atoms with Crippen LogP contribution >= 0.6 is 15.6 Å². The molecule has 0 saturated heterocycles. The highest BCUT2D eigenvalue weighted by molar-refractivity contribution is 7.46. The number of phosphoric ester groups is 2. The number of rotatable bonds is 23. The number of phosphoric acid groups is 2. The van der Waals surface area contributed by atoms with Gasteiger partial charge in [-0.2, -0.15) is 0 Å². The molecule has 0 aromatic carbocycles. The minimum Gasteiger partial charge on any atom is -0.396 e. The highest BCUT2D eigenvalue weighted by Crippen LogP contribution is 2.37. The molecule has 15 nitrogen and oxygen atoms in total. The Balaban J connectivity index is 5.04. The molecule has 0 aromatic rings. The van der Waals surface area contributed by atoms with Crippen molar-refractivity contribution >= 4 is 15.6 Å². The summed E-state index contributed by atoms with van der Waals surface area (Å²) in [6.07, 6.45) is 1.01. The third-order valence-electron chi connectivity index (χ3n) is 4.91. The lowest BCUT2D eigenvalue weighted by molar-refractivity contribution is -0.268. The van der Waals surface area contributed by atoms with E-state index >= 15 is 0 Å². The van der Waals surface area contributed by atoms with Gasteiger partial charge in [0.25, 0.3) is 0 Å². The lowest BCUT2D eigenvalue weighted by Crippen LogP contribution is -2.56. The van der Waals surface area contributed by atoms with E-state index in [1.54, 1.807) is 20.8 Å². The Morgan fingerprint density at radius 2 is 1.30 bits per heavy atom. The van der Waals surface area contributed by atoms with Crippen molar-refractivity contribution in [3.05, 3.63) is 0 Å². The fourth-order valence-electron chi connectivity index (χ4n) is 2.94. The van der Waals surface area contributed by atoms with Crippen LogP contribution in [0.2, 0.25) is 0 Å². The SMILES string of the molecule is CC(COP(=O)(O)O)NC(CCO)(OCCCNC(C)(C)CO)OCCCNC(C)(C)COP(=O)(O)O. The minimum absolute atomic E-state index is 0.0118. The minimum atomic E-state index is -4.68. The normalized spacial score (nSPS) is 16.1. The average Bonchev–Trinajstić information content (AvgIpc) is 2.75. The molecule has 0 aliphatic carbocycles. The van der Waals surface area contributed by atoms with Crippen molar-refractivity contribution in [1.29, 1.82) is 0 Å². The summed E-state index contributed by atoms with van der Waals surface area (Å²) in [5.74, 6) is -1.47. The Labute approximate surface area is 219 Å². The summed E-state index contributed by atoms with van der Waals surface area (Å²) in [5, 5.41) is 28.3. The van der Waals surface area contributed by atoms with Gasteiger partial charge in [0.05, 0.1) is 33.0 Å². The first-order valence-corrected chi connectivity index (χ1v) is 15.1. The number of aliphatic hydroxyl groups excluding tert-OH is 2. The maximum Gasteiger partial charge on any atom is 0.469 e. The molecule has 0 amide bonds. The van der Waals surface area contributed by atoms with E-state index < -0.39 is 38.7 Å². The predicted octanol–water partition coefficient (Wildman–Crippen LogP) is -0.239. The van der Waals surface area contributed by atoms with E-state index in [1.807, 2.05) is 13.8 Å². The van der Waals surface area contributed by atoms with Crippen LogP contribution in [0, 0.1) is 0 Å². The number of hydrogen-bond donors (Lipinski definition) is 9. The van der Waals surface area contributed by atoms with Crippen molar-refractivity contribution < 1.29 is 57.4 Å². The molecule has 2 atom stereocenters. The third-order valence-corrected chi connectivity index (χ3v) is 5.86. The summed E-state index contributed by atoms with van der Waals surface area (Å²) in [4.78, 5) is 35.7. The second-order valence-corrected chi connectivity index (χ2v) is 12.5. The van der Waals surface area contributed by atoms with E-state index in [1.165, 1.54) is 0 Å². The summed E-state index contributed by atoms with van der Waals surface area (Å²) in [6, 6.07) is -0.618. The Morgan fingerprint density at radius 3 is 1.73 bits per heavy atom. The highest BCUT2D eigenvalue weighted by Gasteiger charge is 2.34. The second kappa shape index (κ2) is 16.9. The summed E-state index contributed by atoms with van der Waals surface area (Å²) < 4.78 is 43.0. The van der Waals surface area contributed by atoms with Gasteiger partial charge in [-0.25, -0.2) is 9.13 Å². The zero-order valence-electron chi connectivity index (χ0n) is 22.4. The van der Waals surface area contributed by atoms with Crippen LogP contribution < -0.4 is 16.0 Å². The van der Waals surface area contributed by atoms with Crippen LogP contribution in [0.15, 0.2) is 0 Å². The number of aliphatic hydroxyl groups is 2. The highest BCUT2D eigenvalue weighted by atomic mass is 31.2. The molecule has 0 aromatic heterocycles. The first kappa shape index (κ1) is 36.9. The molecule has 224 valence electrons. The van der Waals surface area contributed by atoms with Gasteiger partial charge in [0, 0.05) is 30.1 Å². The molecule has 0 spiro atoms. The zero-order chi connectivity index (χ0) is 28.8. The molecule has 9 N–H and O–H groups in total. The molecule has 0 rings (SSSR count). The van der Waals surface area contributed by atoms with Crippen LogP contribution in [0.25, 0.3) is 0 Å². The van der Waals surface area contributed by atoms with Crippen molar-refractivity contribution in [3.8, 4) is 0 Å². The summed E-state index contributed by atoms with van der Waals surface area (Å²) in [7, 11) is -9.26. The maximum atomic E-state index is 11.1. The van der Waals surface area contributed by atoms with E-state index in [9.17, 15) is 19.3 Å². The van der Waals surface area contributed by atoms with E-state index in [4.69, 9.17) is 29.0 Å². The predicted molar refractivity (Wildman–Crippen MR) is 135 cm³/mol. The van der Waals surface area contributed by atoms with Gasteiger partial charge in [0.2, 0.25) is 5.91 Å². The number of ether oxygens (including phenoxy) is 2. The second-order valence-electron chi connectivity index (χ2n) is 10.0. The topological polar surface area (TPSA) is 229 Å². The molecule has 17 heteroatoms. The molecule has 0 saturated carbocycles. The Morgan fingerprint density at radius 1 is 0.811 bits per heavy atom. The van der Waals surface area contributed by atoms with Crippen LogP contribution in [-0.4, -0.2) is 106 Å². The zero-order valence-corrected chi connectivity index (χ0v) is 24.2. The molecule has 0 aliphatic heterocycles. The third kappa shape index (κ3) is 20.5. The first-order chi connectivity index (χ1) is 16.8. The monoisotopic (exact) mass is 583 g/mol. The number of nitrogens with one attached hydrogen (secondary N) is 3. The smallest absolute Gasteiger partial charge is 0.396 e.